The number of hydrogen-bond acceptors (Lipinski definition) is 2. The van der Waals surface area contributed by atoms with Gasteiger partial charge in [0.25, 0.3) is 0 Å². The Morgan fingerprint density at radius 3 is 2.36 bits per heavy atom. The summed E-state index contributed by atoms with van der Waals surface area (Å²) in [5.74, 6) is 0. The lowest BCUT2D eigenvalue weighted by atomic mass is 10.2. The summed E-state index contributed by atoms with van der Waals surface area (Å²) in [6.45, 7) is 6.05. The molecule has 1 aliphatic rings. The van der Waals surface area contributed by atoms with Crippen molar-refractivity contribution in [2.24, 2.45) is 0 Å². The van der Waals surface area contributed by atoms with Gasteiger partial charge in [-0.3, -0.25) is 0 Å². The van der Waals surface area contributed by atoms with Crippen LogP contribution in [0.3, 0.4) is 0 Å². The van der Waals surface area contributed by atoms with E-state index in [1.54, 1.807) is 0 Å². The molecule has 1 rings (SSSR count). The Hall–Kier alpha value is -0.0800. The third-order valence-electron chi connectivity index (χ3n) is 1.59. The number of likely N-dealkylation sites (N-methyl/N-ethyl adjacent to an activating group) is 1. The number of nitrogens with zero attached hydrogens (tertiary/aromatic N) is 1. The summed E-state index contributed by atoms with van der Waals surface area (Å²) >= 11 is 0. The Bertz CT molecular complexity index is 77.6. The van der Waals surface area contributed by atoms with Crippen molar-refractivity contribution in [2.45, 2.75) is 32.8 Å². The summed E-state index contributed by atoms with van der Waals surface area (Å²) in [5.41, 5.74) is 0. The summed E-state index contributed by atoms with van der Waals surface area (Å²) < 4.78 is 5.42. The van der Waals surface area contributed by atoms with Gasteiger partial charge in [0, 0.05) is 13.2 Å². The highest BCUT2D eigenvalue weighted by atomic mass is 16.5. The smallest absolute Gasteiger partial charge is 0.0702 e. The normalized spacial score (nSPS) is 23.2. The van der Waals surface area contributed by atoms with E-state index in [4.69, 9.17) is 4.74 Å². The first-order valence-corrected chi connectivity index (χ1v) is 4.55. The molecule has 0 aromatic heterocycles. The van der Waals surface area contributed by atoms with Gasteiger partial charge < -0.3 is 9.64 Å². The van der Waals surface area contributed by atoms with Gasteiger partial charge in [-0.25, -0.2) is 0 Å². The zero-order chi connectivity index (χ0) is 8.69. The minimum atomic E-state index is 0.514. The van der Waals surface area contributed by atoms with Gasteiger partial charge in [-0.2, -0.15) is 0 Å². The third kappa shape index (κ3) is 5.22. The predicted molar refractivity (Wildman–Crippen MR) is 48.9 cm³/mol. The lowest BCUT2D eigenvalue weighted by Crippen LogP contribution is -2.24. The van der Waals surface area contributed by atoms with Crippen LogP contribution in [-0.4, -0.2) is 38.3 Å². The summed E-state index contributed by atoms with van der Waals surface area (Å²) in [5, 5.41) is 0. The molecule has 1 atom stereocenters. The van der Waals surface area contributed by atoms with Crippen LogP contribution in [0, 0.1) is 0 Å². The van der Waals surface area contributed by atoms with Gasteiger partial charge in [0.2, 0.25) is 0 Å². The molecule has 1 heterocycles. The van der Waals surface area contributed by atoms with Crippen molar-refractivity contribution >= 4 is 0 Å². The van der Waals surface area contributed by atoms with Crippen molar-refractivity contribution in [2.75, 3.05) is 27.2 Å². The number of hydrogen-bond donors (Lipinski definition) is 0. The fourth-order valence-electron chi connectivity index (χ4n) is 1.20. The average molecular weight is 159 g/mol. The van der Waals surface area contributed by atoms with Gasteiger partial charge in [-0.15, -0.1) is 0 Å². The zero-order valence-corrected chi connectivity index (χ0v) is 8.26. The minimum Gasteiger partial charge on any atom is -0.377 e. The molecule has 0 aliphatic carbocycles. The molecular weight excluding hydrogens is 138 g/mol. The SMILES string of the molecule is CC.CN(C)CC1CCCO1. The minimum absolute atomic E-state index is 0.514. The first-order chi connectivity index (χ1) is 5.29. The molecule has 68 valence electrons. The van der Waals surface area contributed by atoms with E-state index in [9.17, 15) is 0 Å². The Kier molecular flexibility index (Phi) is 6.57. The van der Waals surface area contributed by atoms with E-state index in [-0.39, 0.29) is 0 Å². The quantitative estimate of drug-likeness (QED) is 0.608. The summed E-state index contributed by atoms with van der Waals surface area (Å²) in [6, 6.07) is 0. The van der Waals surface area contributed by atoms with E-state index < -0.39 is 0 Å². The maximum atomic E-state index is 5.42. The molecule has 2 nitrogen and oxygen atoms in total. The molecule has 0 aromatic rings. The molecular formula is C9H21NO. The highest BCUT2D eigenvalue weighted by molar-refractivity contribution is 4.66. The van der Waals surface area contributed by atoms with Crippen LogP contribution in [0.2, 0.25) is 0 Å². The molecule has 0 aromatic carbocycles. The Morgan fingerprint density at radius 2 is 2.00 bits per heavy atom. The van der Waals surface area contributed by atoms with Crippen molar-refractivity contribution in [3.63, 3.8) is 0 Å². The topological polar surface area (TPSA) is 12.5 Å². The molecule has 1 saturated heterocycles. The molecule has 1 fully saturated rings. The van der Waals surface area contributed by atoms with Crippen molar-refractivity contribution in [1.82, 2.24) is 4.90 Å². The van der Waals surface area contributed by atoms with Gasteiger partial charge in [0.05, 0.1) is 6.10 Å². The molecule has 0 amide bonds. The van der Waals surface area contributed by atoms with Gasteiger partial charge in [-0.1, -0.05) is 13.8 Å². The zero-order valence-electron chi connectivity index (χ0n) is 8.26. The van der Waals surface area contributed by atoms with Crippen LogP contribution >= 0.6 is 0 Å². The van der Waals surface area contributed by atoms with Gasteiger partial charge >= 0.3 is 0 Å². The Balaban J connectivity index is 0.000000461. The standard InChI is InChI=1S/C7H15NO.C2H6/c1-8(2)6-7-4-3-5-9-7;1-2/h7H,3-6H2,1-2H3;1-2H3. The van der Waals surface area contributed by atoms with E-state index in [0.29, 0.717) is 6.10 Å². The maximum Gasteiger partial charge on any atom is 0.0702 e. The molecule has 0 N–H and O–H groups in total. The second kappa shape index (κ2) is 6.62. The second-order valence-corrected chi connectivity index (χ2v) is 2.90. The van der Waals surface area contributed by atoms with Crippen molar-refractivity contribution < 1.29 is 4.74 Å². The molecule has 2 heteroatoms. The Labute approximate surface area is 70.5 Å². The molecule has 1 aliphatic heterocycles. The highest BCUT2D eigenvalue weighted by Crippen LogP contribution is 2.11. The van der Waals surface area contributed by atoms with Crippen LogP contribution in [0.15, 0.2) is 0 Å². The van der Waals surface area contributed by atoms with E-state index >= 15 is 0 Å². The van der Waals surface area contributed by atoms with Crippen molar-refractivity contribution in [3.05, 3.63) is 0 Å². The van der Waals surface area contributed by atoms with Gasteiger partial charge in [0.1, 0.15) is 0 Å². The fourth-order valence-corrected chi connectivity index (χ4v) is 1.20. The Morgan fingerprint density at radius 1 is 1.36 bits per heavy atom. The van der Waals surface area contributed by atoms with Crippen LogP contribution in [0.5, 0.6) is 0 Å². The van der Waals surface area contributed by atoms with Gasteiger partial charge in [-0.05, 0) is 26.9 Å². The summed E-state index contributed by atoms with van der Waals surface area (Å²) in [4.78, 5) is 2.18. The second-order valence-electron chi connectivity index (χ2n) is 2.90. The van der Waals surface area contributed by atoms with E-state index in [1.165, 1.54) is 12.8 Å². The molecule has 1 unspecified atom stereocenters. The van der Waals surface area contributed by atoms with Crippen molar-refractivity contribution in [1.29, 1.82) is 0 Å². The predicted octanol–water partition coefficient (Wildman–Crippen LogP) is 1.75. The highest BCUT2D eigenvalue weighted by Gasteiger charge is 2.15. The van der Waals surface area contributed by atoms with Crippen LogP contribution in [0.1, 0.15) is 26.7 Å². The van der Waals surface area contributed by atoms with E-state index in [0.717, 1.165) is 13.2 Å². The van der Waals surface area contributed by atoms with E-state index in [2.05, 4.69) is 19.0 Å². The summed E-state index contributed by atoms with van der Waals surface area (Å²) in [7, 11) is 4.17. The first-order valence-electron chi connectivity index (χ1n) is 4.55. The van der Waals surface area contributed by atoms with Crippen LogP contribution in [-0.2, 0) is 4.74 Å². The number of rotatable bonds is 2. The van der Waals surface area contributed by atoms with Crippen molar-refractivity contribution in [3.8, 4) is 0 Å². The lowest BCUT2D eigenvalue weighted by Gasteiger charge is -2.14. The first kappa shape index (κ1) is 10.9. The summed E-state index contributed by atoms with van der Waals surface area (Å²) in [6.07, 6.45) is 3.01. The lowest BCUT2D eigenvalue weighted by molar-refractivity contribution is 0.0878. The monoisotopic (exact) mass is 159 g/mol. The fraction of sp³-hybridized carbons (Fsp3) is 1.00. The average Bonchev–Trinajstić information content (AvgIpc) is 2.43. The molecule has 0 spiro atoms. The molecule has 0 radical (unpaired) electrons. The largest absolute Gasteiger partial charge is 0.377 e. The van der Waals surface area contributed by atoms with Gasteiger partial charge in [0.15, 0.2) is 0 Å². The third-order valence-corrected chi connectivity index (χ3v) is 1.59. The molecule has 0 bridgehead atoms. The molecule has 0 saturated carbocycles. The van der Waals surface area contributed by atoms with Crippen LogP contribution in [0.25, 0.3) is 0 Å². The maximum absolute atomic E-state index is 5.42. The van der Waals surface area contributed by atoms with Crippen LogP contribution < -0.4 is 0 Å². The van der Waals surface area contributed by atoms with E-state index in [1.807, 2.05) is 13.8 Å². The van der Waals surface area contributed by atoms with Crippen LogP contribution in [0.4, 0.5) is 0 Å². The molecule has 11 heavy (non-hydrogen) atoms. The number of ether oxygens (including phenoxy) is 1.